The minimum absolute atomic E-state index is 0.0436. The number of nitrogens with two attached hydrogens (primary N) is 1. The molecule has 3 N–H and O–H groups in total. The Morgan fingerprint density at radius 3 is 2.58 bits per heavy atom. The minimum Gasteiger partial charge on any atom is -0.369 e. The number of fused-ring (bicyclic) bond motifs is 1. The predicted molar refractivity (Wildman–Crippen MR) is 88.7 cm³/mol. The second-order valence-electron chi connectivity index (χ2n) is 6.30. The van der Waals surface area contributed by atoms with E-state index in [9.17, 15) is 18.0 Å². The van der Waals surface area contributed by atoms with E-state index in [1.807, 2.05) is 0 Å². The summed E-state index contributed by atoms with van der Waals surface area (Å²) in [7, 11) is -3.60. The standard InChI is InChI=1S/C16H21N3O4S/c17-16(21)11-6-8-19(9-7-11)24(22,23)13-4-5-14-12(10-13)2-1-3-15(20)18-14/h4-5,10-11H,1-3,6-9H2,(H2,17,21)(H,18,20). The van der Waals surface area contributed by atoms with Gasteiger partial charge in [-0.3, -0.25) is 9.59 Å². The van der Waals surface area contributed by atoms with Crippen molar-refractivity contribution in [1.82, 2.24) is 4.31 Å². The number of nitrogens with one attached hydrogen (secondary N) is 1. The van der Waals surface area contributed by atoms with Gasteiger partial charge in [-0.15, -0.1) is 0 Å². The van der Waals surface area contributed by atoms with E-state index in [-0.39, 0.29) is 22.6 Å². The summed E-state index contributed by atoms with van der Waals surface area (Å²) >= 11 is 0. The molecule has 1 fully saturated rings. The van der Waals surface area contributed by atoms with Crippen LogP contribution in [-0.2, 0) is 26.0 Å². The molecule has 0 saturated carbocycles. The van der Waals surface area contributed by atoms with Gasteiger partial charge in [0.25, 0.3) is 0 Å². The smallest absolute Gasteiger partial charge is 0.243 e. The van der Waals surface area contributed by atoms with Crippen molar-refractivity contribution in [3.63, 3.8) is 0 Å². The molecule has 1 saturated heterocycles. The van der Waals surface area contributed by atoms with Gasteiger partial charge in [0.15, 0.2) is 0 Å². The molecule has 1 aromatic carbocycles. The lowest BCUT2D eigenvalue weighted by Gasteiger charge is -2.29. The highest BCUT2D eigenvalue weighted by Crippen LogP contribution is 2.28. The fraction of sp³-hybridized carbons (Fsp3) is 0.500. The summed E-state index contributed by atoms with van der Waals surface area (Å²) in [5.41, 5.74) is 6.82. The number of benzene rings is 1. The maximum atomic E-state index is 12.8. The maximum absolute atomic E-state index is 12.8. The number of carbonyl (C=O) groups excluding carboxylic acids is 2. The van der Waals surface area contributed by atoms with E-state index in [0.29, 0.717) is 50.9 Å². The molecule has 0 spiro atoms. The van der Waals surface area contributed by atoms with Crippen molar-refractivity contribution < 1.29 is 18.0 Å². The summed E-state index contributed by atoms with van der Waals surface area (Å²) in [5.74, 6) is -0.663. The fourth-order valence-corrected chi connectivity index (χ4v) is 4.76. The van der Waals surface area contributed by atoms with Crippen LogP contribution < -0.4 is 11.1 Å². The molecule has 24 heavy (non-hydrogen) atoms. The Kier molecular flexibility index (Phi) is 4.60. The summed E-state index contributed by atoms with van der Waals surface area (Å²) in [6.45, 7) is 0.591. The number of rotatable bonds is 3. The van der Waals surface area contributed by atoms with Crippen LogP contribution in [0.4, 0.5) is 5.69 Å². The molecule has 0 bridgehead atoms. The molecular weight excluding hydrogens is 330 g/mol. The van der Waals surface area contributed by atoms with Crippen LogP contribution in [0.15, 0.2) is 23.1 Å². The number of primary amides is 1. The van der Waals surface area contributed by atoms with Gasteiger partial charge in [0.05, 0.1) is 4.90 Å². The maximum Gasteiger partial charge on any atom is 0.243 e. The van der Waals surface area contributed by atoms with Gasteiger partial charge in [0.2, 0.25) is 21.8 Å². The number of hydrogen-bond donors (Lipinski definition) is 2. The first-order valence-corrected chi connectivity index (χ1v) is 9.54. The van der Waals surface area contributed by atoms with Gasteiger partial charge in [0.1, 0.15) is 0 Å². The van der Waals surface area contributed by atoms with Crippen LogP contribution in [0.3, 0.4) is 0 Å². The number of piperidine rings is 1. The zero-order valence-electron chi connectivity index (χ0n) is 13.3. The number of amides is 2. The van der Waals surface area contributed by atoms with Gasteiger partial charge in [-0.2, -0.15) is 4.31 Å². The lowest BCUT2D eigenvalue weighted by Crippen LogP contribution is -2.41. The highest BCUT2D eigenvalue weighted by Gasteiger charge is 2.31. The van der Waals surface area contributed by atoms with E-state index in [2.05, 4.69) is 5.32 Å². The van der Waals surface area contributed by atoms with Gasteiger partial charge in [0, 0.05) is 31.1 Å². The molecule has 2 aliphatic rings. The van der Waals surface area contributed by atoms with Gasteiger partial charge >= 0.3 is 0 Å². The van der Waals surface area contributed by atoms with Gasteiger partial charge in [-0.1, -0.05) is 0 Å². The lowest BCUT2D eigenvalue weighted by molar-refractivity contribution is -0.122. The SMILES string of the molecule is NC(=O)C1CCN(S(=O)(=O)c2ccc3c(c2)CCCC(=O)N3)CC1. The van der Waals surface area contributed by atoms with Crippen molar-refractivity contribution in [3.8, 4) is 0 Å². The first-order chi connectivity index (χ1) is 11.4. The van der Waals surface area contributed by atoms with E-state index in [4.69, 9.17) is 5.73 Å². The second-order valence-corrected chi connectivity index (χ2v) is 8.24. The number of aryl methyl sites for hydroxylation is 1. The monoisotopic (exact) mass is 351 g/mol. The average molecular weight is 351 g/mol. The van der Waals surface area contributed by atoms with Crippen LogP contribution in [0.1, 0.15) is 31.2 Å². The zero-order chi connectivity index (χ0) is 17.3. The quantitative estimate of drug-likeness (QED) is 0.841. The third-order valence-corrected chi connectivity index (χ3v) is 6.59. The highest BCUT2D eigenvalue weighted by atomic mass is 32.2. The normalized spacial score (nSPS) is 20.1. The topological polar surface area (TPSA) is 110 Å². The Balaban J connectivity index is 1.82. The van der Waals surface area contributed by atoms with Crippen LogP contribution in [0.25, 0.3) is 0 Å². The average Bonchev–Trinajstić information content (AvgIpc) is 2.74. The second kappa shape index (κ2) is 6.52. The summed E-state index contributed by atoms with van der Waals surface area (Å²) < 4.78 is 27.1. The molecule has 2 aliphatic heterocycles. The van der Waals surface area contributed by atoms with E-state index in [0.717, 1.165) is 5.56 Å². The molecule has 0 aliphatic carbocycles. The van der Waals surface area contributed by atoms with Crippen LogP contribution in [0.5, 0.6) is 0 Å². The van der Waals surface area contributed by atoms with Crippen molar-refractivity contribution in [3.05, 3.63) is 23.8 Å². The number of hydrogen-bond acceptors (Lipinski definition) is 4. The van der Waals surface area contributed by atoms with Crippen LogP contribution in [-0.4, -0.2) is 37.6 Å². The Labute approximate surface area is 141 Å². The Bertz CT molecular complexity index is 768. The first-order valence-electron chi connectivity index (χ1n) is 8.10. The third kappa shape index (κ3) is 3.29. The van der Waals surface area contributed by atoms with Crippen molar-refractivity contribution in [2.24, 2.45) is 11.7 Å². The van der Waals surface area contributed by atoms with Crippen LogP contribution in [0.2, 0.25) is 0 Å². The van der Waals surface area contributed by atoms with Gasteiger partial charge in [-0.25, -0.2) is 8.42 Å². The summed E-state index contributed by atoms with van der Waals surface area (Å²) in [6.07, 6.45) is 2.72. The fourth-order valence-electron chi connectivity index (χ4n) is 3.24. The molecule has 130 valence electrons. The Hall–Kier alpha value is -1.93. The Morgan fingerprint density at radius 1 is 1.21 bits per heavy atom. The van der Waals surface area contributed by atoms with E-state index >= 15 is 0 Å². The minimum atomic E-state index is -3.60. The molecule has 0 aromatic heterocycles. The number of sulfonamides is 1. The number of nitrogens with zero attached hydrogens (tertiary/aromatic N) is 1. The number of anilines is 1. The molecule has 0 radical (unpaired) electrons. The molecule has 1 aromatic rings. The predicted octanol–water partition coefficient (Wildman–Crippen LogP) is 0.847. The van der Waals surface area contributed by atoms with E-state index in [1.54, 1.807) is 12.1 Å². The molecule has 2 amide bonds. The summed E-state index contributed by atoms with van der Waals surface area (Å²) in [6, 6.07) is 4.83. The molecule has 7 nitrogen and oxygen atoms in total. The molecule has 8 heteroatoms. The third-order valence-electron chi connectivity index (χ3n) is 4.69. The van der Waals surface area contributed by atoms with Crippen molar-refractivity contribution in [1.29, 1.82) is 0 Å². The Morgan fingerprint density at radius 2 is 1.92 bits per heavy atom. The highest BCUT2D eigenvalue weighted by molar-refractivity contribution is 7.89. The van der Waals surface area contributed by atoms with Crippen molar-refractivity contribution in [2.45, 2.75) is 37.0 Å². The molecular formula is C16H21N3O4S. The van der Waals surface area contributed by atoms with Crippen molar-refractivity contribution >= 4 is 27.5 Å². The largest absolute Gasteiger partial charge is 0.369 e. The van der Waals surface area contributed by atoms with Crippen LogP contribution in [0, 0.1) is 5.92 Å². The molecule has 0 atom stereocenters. The van der Waals surface area contributed by atoms with Gasteiger partial charge in [-0.05, 0) is 49.4 Å². The summed E-state index contributed by atoms with van der Waals surface area (Å²) in [5, 5.41) is 2.80. The first kappa shape index (κ1) is 16.9. The lowest BCUT2D eigenvalue weighted by atomic mass is 9.98. The molecule has 2 heterocycles. The van der Waals surface area contributed by atoms with E-state index in [1.165, 1.54) is 10.4 Å². The van der Waals surface area contributed by atoms with Gasteiger partial charge < -0.3 is 11.1 Å². The number of carbonyl (C=O) groups is 2. The molecule has 0 unspecified atom stereocenters. The molecule has 3 rings (SSSR count). The van der Waals surface area contributed by atoms with Crippen molar-refractivity contribution in [2.75, 3.05) is 18.4 Å². The summed E-state index contributed by atoms with van der Waals surface area (Å²) in [4.78, 5) is 23.0. The van der Waals surface area contributed by atoms with Crippen LogP contribution >= 0.6 is 0 Å². The zero-order valence-corrected chi connectivity index (χ0v) is 14.1. The van der Waals surface area contributed by atoms with E-state index < -0.39 is 10.0 Å².